The molecular weight excluding hydrogens is 411 g/mol. The van der Waals surface area contributed by atoms with Crippen molar-refractivity contribution in [1.29, 1.82) is 0 Å². The minimum absolute atomic E-state index is 0.173. The number of ether oxygens (including phenoxy) is 1. The number of aliphatic hydroxyl groups excluding tert-OH is 1. The van der Waals surface area contributed by atoms with Crippen molar-refractivity contribution in [2.75, 3.05) is 5.73 Å². The van der Waals surface area contributed by atoms with E-state index in [0.29, 0.717) is 45.0 Å². The Kier molecular flexibility index (Phi) is 4.23. The van der Waals surface area contributed by atoms with Crippen molar-refractivity contribution in [3.63, 3.8) is 0 Å². The van der Waals surface area contributed by atoms with Crippen molar-refractivity contribution in [3.8, 4) is 28.3 Å². The van der Waals surface area contributed by atoms with Crippen molar-refractivity contribution < 1.29 is 14.2 Å². The molecule has 0 fully saturated rings. The second kappa shape index (κ2) is 6.82. The maximum Gasteiger partial charge on any atom is 0.166 e. The number of benzene rings is 1. The van der Waals surface area contributed by atoms with E-state index in [-0.39, 0.29) is 11.0 Å². The second-order valence-electron chi connectivity index (χ2n) is 7.00. The Morgan fingerprint density at radius 3 is 2.87 bits per heavy atom. The number of nitrogens with two attached hydrogens (primary N) is 1. The van der Waals surface area contributed by atoms with Crippen LogP contribution < -0.4 is 10.5 Å². The quantitative estimate of drug-likeness (QED) is 0.339. The van der Waals surface area contributed by atoms with Gasteiger partial charge in [0.1, 0.15) is 28.9 Å². The van der Waals surface area contributed by atoms with Gasteiger partial charge in [0, 0.05) is 28.5 Å². The number of hydrogen-bond donors (Lipinski definition) is 4. The van der Waals surface area contributed by atoms with Crippen molar-refractivity contribution in [2.45, 2.75) is 19.1 Å². The van der Waals surface area contributed by atoms with Gasteiger partial charge in [-0.1, -0.05) is 11.6 Å². The summed E-state index contributed by atoms with van der Waals surface area (Å²) in [5.41, 5.74) is 9.48. The minimum Gasteiger partial charge on any atom is -0.482 e. The largest absolute Gasteiger partial charge is 0.482 e. The van der Waals surface area contributed by atoms with Crippen LogP contribution in [0.2, 0.25) is 5.15 Å². The van der Waals surface area contributed by atoms with Gasteiger partial charge in [-0.3, -0.25) is 10.2 Å². The summed E-state index contributed by atoms with van der Waals surface area (Å²) in [6, 6.07) is 5.99. The molecule has 2 bridgehead atoms. The van der Waals surface area contributed by atoms with Gasteiger partial charge in [0.25, 0.3) is 0 Å². The molecule has 2 atom stereocenters. The number of aromatic nitrogens is 5. The highest BCUT2D eigenvalue weighted by atomic mass is 35.5. The van der Waals surface area contributed by atoms with E-state index in [4.69, 9.17) is 22.1 Å². The molecule has 0 saturated carbocycles. The Morgan fingerprint density at radius 1 is 1.20 bits per heavy atom. The Morgan fingerprint density at radius 2 is 2.03 bits per heavy atom. The minimum atomic E-state index is -1.16. The summed E-state index contributed by atoms with van der Waals surface area (Å²) in [6.07, 6.45) is 1.29. The average Bonchev–Trinajstić information content (AvgIpc) is 3.35. The number of aromatic amines is 2. The Hall–Kier alpha value is -3.43. The van der Waals surface area contributed by atoms with Gasteiger partial charge in [0.15, 0.2) is 11.6 Å². The van der Waals surface area contributed by atoms with Gasteiger partial charge in [0.2, 0.25) is 0 Å². The summed E-state index contributed by atoms with van der Waals surface area (Å²) >= 11 is 6.33. The molecule has 1 aliphatic heterocycles. The van der Waals surface area contributed by atoms with Crippen LogP contribution in [0.3, 0.4) is 0 Å². The molecule has 1 aliphatic rings. The van der Waals surface area contributed by atoms with Gasteiger partial charge >= 0.3 is 0 Å². The van der Waals surface area contributed by atoms with E-state index in [1.54, 1.807) is 19.1 Å². The summed E-state index contributed by atoms with van der Waals surface area (Å²) in [5, 5.41) is 25.3. The third-order valence-corrected chi connectivity index (χ3v) is 5.46. The third kappa shape index (κ3) is 2.82. The first-order valence-electron chi connectivity index (χ1n) is 9.11. The number of pyridine rings is 1. The molecule has 10 heteroatoms. The summed E-state index contributed by atoms with van der Waals surface area (Å²) in [5.74, 6) is 0.0599. The molecular formula is C20H16ClFN6O2. The average molecular weight is 427 g/mol. The molecule has 4 heterocycles. The van der Waals surface area contributed by atoms with E-state index in [2.05, 4.69) is 25.4 Å². The van der Waals surface area contributed by atoms with E-state index in [0.717, 1.165) is 0 Å². The molecule has 0 saturated heterocycles. The van der Waals surface area contributed by atoms with Crippen LogP contribution in [0.25, 0.3) is 22.5 Å². The fourth-order valence-electron chi connectivity index (χ4n) is 3.70. The van der Waals surface area contributed by atoms with Crippen molar-refractivity contribution in [1.82, 2.24) is 25.4 Å². The van der Waals surface area contributed by atoms with Gasteiger partial charge in [0.05, 0.1) is 17.5 Å². The standard InChI is InChI=1S/C20H16ClFN6O2/c1-8-12-5-10(22)2-3-11(12)17-13(7-25-26-17)18(29)15-16(27-28-19(15)21)9-4-14(30-8)20(23)24-6-9/h2-8,18,29H,1H3,(H2,23,24)(H,25,26)(H,27,28)/t8-,18+/m1/s1. The molecule has 1 aromatic carbocycles. The van der Waals surface area contributed by atoms with Crippen LogP contribution in [0.5, 0.6) is 5.75 Å². The Bertz CT molecular complexity index is 1270. The lowest BCUT2D eigenvalue weighted by atomic mass is 9.93. The summed E-state index contributed by atoms with van der Waals surface area (Å²) in [7, 11) is 0. The predicted octanol–water partition coefficient (Wildman–Crippen LogP) is 3.77. The molecule has 152 valence electrons. The monoisotopic (exact) mass is 426 g/mol. The lowest BCUT2D eigenvalue weighted by Crippen LogP contribution is -2.10. The normalized spacial score (nSPS) is 17.7. The molecule has 0 amide bonds. The molecule has 8 nitrogen and oxygen atoms in total. The fraction of sp³-hybridized carbons (Fsp3) is 0.150. The van der Waals surface area contributed by atoms with E-state index in [1.807, 2.05) is 0 Å². The fourth-order valence-corrected chi connectivity index (χ4v) is 3.94. The van der Waals surface area contributed by atoms with Crippen LogP contribution >= 0.6 is 11.6 Å². The lowest BCUT2D eigenvalue weighted by molar-refractivity contribution is 0.220. The predicted molar refractivity (Wildman–Crippen MR) is 108 cm³/mol. The number of nitrogen functional groups attached to an aromatic ring is 1. The second-order valence-corrected chi connectivity index (χ2v) is 7.38. The zero-order valence-electron chi connectivity index (χ0n) is 15.6. The van der Waals surface area contributed by atoms with E-state index in [1.165, 1.54) is 24.5 Å². The number of anilines is 1. The van der Waals surface area contributed by atoms with Crippen molar-refractivity contribution >= 4 is 17.4 Å². The maximum atomic E-state index is 14.1. The Labute approximate surface area is 174 Å². The molecule has 4 aromatic rings. The number of hydrogen-bond acceptors (Lipinski definition) is 6. The van der Waals surface area contributed by atoms with E-state index < -0.39 is 18.0 Å². The lowest BCUT2D eigenvalue weighted by Gasteiger charge is -2.21. The zero-order chi connectivity index (χ0) is 21.0. The van der Waals surface area contributed by atoms with Gasteiger partial charge in [-0.15, -0.1) is 0 Å². The van der Waals surface area contributed by atoms with Gasteiger partial charge in [-0.25, -0.2) is 9.37 Å². The number of fused-ring (bicyclic) bond motifs is 7. The number of halogens is 2. The maximum absolute atomic E-state index is 14.1. The summed E-state index contributed by atoms with van der Waals surface area (Å²) < 4.78 is 20.2. The molecule has 3 aromatic heterocycles. The zero-order valence-corrected chi connectivity index (χ0v) is 16.4. The summed E-state index contributed by atoms with van der Waals surface area (Å²) in [4.78, 5) is 4.19. The third-order valence-electron chi connectivity index (χ3n) is 5.17. The number of nitrogens with zero attached hydrogens (tertiary/aromatic N) is 3. The highest BCUT2D eigenvalue weighted by molar-refractivity contribution is 6.30. The highest BCUT2D eigenvalue weighted by Gasteiger charge is 2.29. The van der Waals surface area contributed by atoms with Crippen LogP contribution in [0.4, 0.5) is 10.2 Å². The van der Waals surface area contributed by atoms with Crippen LogP contribution in [0.15, 0.2) is 36.7 Å². The van der Waals surface area contributed by atoms with Gasteiger partial charge in [-0.05, 0) is 31.2 Å². The van der Waals surface area contributed by atoms with Crippen LogP contribution in [0, 0.1) is 5.82 Å². The molecule has 5 N–H and O–H groups in total. The SMILES string of the molecule is C[C@H]1Oc2cc(cnc2N)-c2n[nH]c(Cl)c2[C@@H](O)c2cn[nH]c2-c2ccc(F)cc21. The van der Waals surface area contributed by atoms with Crippen LogP contribution in [0.1, 0.15) is 35.8 Å². The number of H-pyrrole nitrogens is 2. The first-order chi connectivity index (χ1) is 14.4. The first kappa shape index (κ1) is 18.6. The molecule has 0 aliphatic carbocycles. The van der Waals surface area contributed by atoms with Crippen molar-refractivity contribution in [3.05, 3.63) is 64.3 Å². The van der Waals surface area contributed by atoms with E-state index >= 15 is 0 Å². The number of nitrogens with one attached hydrogen (secondary N) is 2. The number of rotatable bonds is 0. The Balaban J connectivity index is 1.84. The molecule has 0 spiro atoms. The van der Waals surface area contributed by atoms with Crippen molar-refractivity contribution in [2.24, 2.45) is 0 Å². The van der Waals surface area contributed by atoms with Crippen LogP contribution in [-0.2, 0) is 0 Å². The molecule has 30 heavy (non-hydrogen) atoms. The van der Waals surface area contributed by atoms with Gasteiger partial charge < -0.3 is 15.6 Å². The molecule has 0 unspecified atom stereocenters. The highest BCUT2D eigenvalue weighted by Crippen LogP contribution is 2.42. The molecule has 5 rings (SSSR count). The van der Waals surface area contributed by atoms with Gasteiger partial charge in [-0.2, -0.15) is 10.2 Å². The topological polar surface area (TPSA) is 126 Å². The smallest absolute Gasteiger partial charge is 0.166 e. The first-order valence-corrected chi connectivity index (χ1v) is 9.49. The van der Waals surface area contributed by atoms with Crippen LogP contribution in [-0.4, -0.2) is 30.5 Å². The summed E-state index contributed by atoms with van der Waals surface area (Å²) in [6.45, 7) is 1.78. The van der Waals surface area contributed by atoms with E-state index in [9.17, 15) is 9.50 Å². The number of aliphatic hydroxyl groups is 1. The molecule has 0 radical (unpaired) electrons.